The van der Waals surface area contributed by atoms with Crippen molar-refractivity contribution in [2.24, 2.45) is 0 Å². The Morgan fingerprint density at radius 2 is 2.10 bits per heavy atom. The van der Waals surface area contributed by atoms with Crippen molar-refractivity contribution in [1.29, 1.82) is 0 Å². The number of piperidine rings is 1. The summed E-state index contributed by atoms with van der Waals surface area (Å²) in [5.74, 6) is 0.980. The van der Waals surface area contributed by atoms with E-state index in [1.807, 2.05) is 30.3 Å². The van der Waals surface area contributed by atoms with E-state index in [2.05, 4.69) is 20.1 Å². The molecule has 2 N–H and O–H groups in total. The maximum absolute atomic E-state index is 13.6. The number of methoxy groups -OCH3 is 1. The molecule has 4 rings (SSSR count). The first-order valence-electron chi connectivity index (χ1n) is 9.97. The first-order chi connectivity index (χ1) is 14.7. The first kappa shape index (κ1) is 20.0. The van der Waals surface area contributed by atoms with E-state index < -0.39 is 0 Å². The van der Waals surface area contributed by atoms with Crippen molar-refractivity contribution < 1.29 is 14.1 Å². The third-order valence-electron chi connectivity index (χ3n) is 5.15. The molecule has 0 bridgehead atoms. The van der Waals surface area contributed by atoms with Gasteiger partial charge in [-0.3, -0.25) is 4.79 Å². The summed E-state index contributed by atoms with van der Waals surface area (Å²) in [6.07, 6.45) is 4.70. The number of benzene rings is 1. The third kappa shape index (κ3) is 4.16. The predicted octanol–water partition coefficient (Wildman–Crippen LogP) is 2.67. The molecular formula is C21H24N6O3. The van der Waals surface area contributed by atoms with Crippen molar-refractivity contribution in [3.63, 3.8) is 0 Å². The summed E-state index contributed by atoms with van der Waals surface area (Å²) < 4.78 is 10.6. The molecular weight excluding hydrogens is 384 g/mol. The first-order valence-corrected chi connectivity index (χ1v) is 9.97. The van der Waals surface area contributed by atoms with Crippen molar-refractivity contribution in [3.8, 4) is 11.3 Å². The van der Waals surface area contributed by atoms with Gasteiger partial charge in [0.2, 0.25) is 11.8 Å². The Kier molecular flexibility index (Phi) is 5.99. The number of amides is 1. The summed E-state index contributed by atoms with van der Waals surface area (Å²) in [6, 6.07) is 9.21. The number of carbonyl (C=O) groups excluding carboxylic acids is 1. The molecule has 1 amide bonds. The highest BCUT2D eigenvalue weighted by atomic mass is 16.5. The smallest absolute Gasteiger partial charge is 0.258 e. The van der Waals surface area contributed by atoms with Gasteiger partial charge in [-0.05, 0) is 19.3 Å². The molecule has 1 aliphatic heterocycles. The number of carbonyl (C=O) groups is 1. The standard InChI is InChI=1S/C21H24N6O3/c1-29-12-10-17-24-19(30-26-17)16-9-5-6-11-27(16)20(28)15-13-23-21(22)25-18(15)14-7-3-2-4-8-14/h2-4,7-8,13,16H,5-6,9-12H2,1H3,(H2,22,23,25). The van der Waals surface area contributed by atoms with E-state index in [0.717, 1.165) is 24.8 Å². The van der Waals surface area contributed by atoms with Crippen molar-refractivity contribution in [1.82, 2.24) is 25.0 Å². The number of likely N-dealkylation sites (tertiary alicyclic amines) is 1. The summed E-state index contributed by atoms with van der Waals surface area (Å²) in [5, 5.41) is 4.03. The molecule has 1 atom stereocenters. The average molecular weight is 408 g/mol. The largest absolute Gasteiger partial charge is 0.384 e. The number of hydrogen-bond donors (Lipinski definition) is 1. The molecule has 9 heteroatoms. The van der Waals surface area contributed by atoms with Crippen LogP contribution in [0.15, 0.2) is 41.1 Å². The highest BCUT2D eigenvalue weighted by Crippen LogP contribution is 2.33. The van der Waals surface area contributed by atoms with Crippen molar-refractivity contribution >= 4 is 11.9 Å². The van der Waals surface area contributed by atoms with Crippen molar-refractivity contribution in [2.45, 2.75) is 31.7 Å². The summed E-state index contributed by atoms with van der Waals surface area (Å²) in [4.78, 5) is 28.2. The van der Waals surface area contributed by atoms with E-state index in [1.165, 1.54) is 6.20 Å². The van der Waals surface area contributed by atoms with Gasteiger partial charge in [0.15, 0.2) is 5.82 Å². The number of nitrogens with two attached hydrogens (primary N) is 1. The molecule has 30 heavy (non-hydrogen) atoms. The zero-order chi connectivity index (χ0) is 20.9. The Labute approximate surface area is 174 Å². The summed E-state index contributed by atoms with van der Waals surface area (Å²) in [7, 11) is 1.63. The molecule has 1 aliphatic rings. The maximum atomic E-state index is 13.6. The molecule has 0 spiro atoms. The zero-order valence-electron chi connectivity index (χ0n) is 16.8. The van der Waals surface area contributed by atoms with E-state index in [9.17, 15) is 4.79 Å². The Hall–Kier alpha value is -3.33. The number of nitrogens with zero attached hydrogens (tertiary/aromatic N) is 5. The summed E-state index contributed by atoms with van der Waals surface area (Å²) in [5.41, 5.74) is 7.54. The SMILES string of the molecule is COCCc1noc(C2CCCCN2C(=O)c2cnc(N)nc2-c2ccccc2)n1. The average Bonchev–Trinajstić information content (AvgIpc) is 3.26. The molecule has 0 aliphatic carbocycles. The van der Waals surface area contributed by atoms with Gasteiger partial charge in [0.25, 0.3) is 5.91 Å². The second kappa shape index (κ2) is 9.00. The molecule has 1 saturated heterocycles. The molecule has 156 valence electrons. The number of nitrogen functional groups attached to an aromatic ring is 1. The van der Waals surface area contributed by atoms with Gasteiger partial charge in [-0.2, -0.15) is 4.98 Å². The number of aromatic nitrogens is 4. The van der Waals surface area contributed by atoms with Crippen molar-refractivity contribution in [3.05, 3.63) is 53.8 Å². The van der Waals surface area contributed by atoms with Gasteiger partial charge < -0.3 is 19.9 Å². The molecule has 0 radical (unpaired) electrons. The molecule has 1 unspecified atom stereocenters. The van der Waals surface area contributed by atoms with Crippen molar-refractivity contribution in [2.75, 3.05) is 26.0 Å². The van der Waals surface area contributed by atoms with Gasteiger partial charge in [-0.1, -0.05) is 35.5 Å². The minimum Gasteiger partial charge on any atom is -0.384 e. The van der Waals surface area contributed by atoms with Crippen LogP contribution in [0.3, 0.4) is 0 Å². The number of rotatable bonds is 6. The van der Waals surface area contributed by atoms with Gasteiger partial charge in [-0.15, -0.1) is 0 Å². The van der Waals surface area contributed by atoms with Crippen LogP contribution in [0.25, 0.3) is 11.3 Å². The fourth-order valence-corrected chi connectivity index (χ4v) is 3.65. The Morgan fingerprint density at radius 3 is 2.90 bits per heavy atom. The predicted molar refractivity (Wildman–Crippen MR) is 109 cm³/mol. The topological polar surface area (TPSA) is 120 Å². The van der Waals surface area contributed by atoms with Crippen LogP contribution in [0.5, 0.6) is 0 Å². The van der Waals surface area contributed by atoms with Crippen LogP contribution >= 0.6 is 0 Å². The van der Waals surface area contributed by atoms with E-state index in [-0.39, 0.29) is 17.9 Å². The molecule has 9 nitrogen and oxygen atoms in total. The lowest BCUT2D eigenvalue weighted by atomic mass is 9.99. The van der Waals surface area contributed by atoms with Crippen LogP contribution in [-0.4, -0.2) is 51.2 Å². The summed E-state index contributed by atoms with van der Waals surface area (Å²) in [6.45, 7) is 1.10. The quantitative estimate of drug-likeness (QED) is 0.661. The van der Waals surface area contributed by atoms with Crippen LogP contribution in [0.2, 0.25) is 0 Å². The second-order valence-corrected chi connectivity index (χ2v) is 7.16. The van der Waals surface area contributed by atoms with Gasteiger partial charge in [0.1, 0.15) is 6.04 Å². The van der Waals surface area contributed by atoms with E-state index in [1.54, 1.807) is 12.0 Å². The molecule has 2 aromatic heterocycles. The van der Waals surface area contributed by atoms with E-state index in [0.29, 0.717) is 42.5 Å². The lowest BCUT2D eigenvalue weighted by molar-refractivity contribution is 0.0561. The fraction of sp³-hybridized carbons (Fsp3) is 0.381. The Balaban J connectivity index is 1.65. The highest BCUT2D eigenvalue weighted by Gasteiger charge is 2.34. The van der Waals surface area contributed by atoms with E-state index >= 15 is 0 Å². The third-order valence-corrected chi connectivity index (χ3v) is 5.15. The van der Waals surface area contributed by atoms with E-state index in [4.69, 9.17) is 15.0 Å². The van der Waals surface area contributed by atoms with Crippen LogP contribution in [0.4, 0.5) is 5.95 Å². The summed E-state index contributed by atoms with van der Waals surface area (Å²) >= 11 is 0. The number of ether oxygens (including phenoxy) is 1. The molecule has 3 aromatic rings. The van der Waals surface area contributed by atoms with Gasteiger partial charge in [0.05, 0.1) is 17.9 Å². The van der Waals surface area contributed by atoms with Gasteiger partial charge >= 0.3 is 0 Å². The normalized spacial score (nSPS) is 16.6. The molecule has 0 saturated carbocycles. The van der Waals surface area contributed by atoms with Crippen LogP contribution in [-0.2, 0) is 11.2 Å². The fourth-order valence-electron chi connectivity index (χ4n) is 3.65. The lowest BCUT2D eigenvalue weighted by Crippen LogP contribution is -2.39. The zero-order valence-corrected chi connectivity index (χ0v) is 16.8. The van der Waals surface area contributed by atoms with Crippen LogP contribution in [0.1, 0.15) is 47.4 Å². The van der Waals surface area contributed by atoms with Crippen LogP contribution < -0.4 is 5.73 Å². The molecule has 1 aromatic carbocycles. The van der Waals surface area contributed by atoms with Gasteiger partial charge in [-0.25, -0.2) is 9.97 Å². The highest BCUT2D eigenvalue weighted by molar-refractivity contribution is 6.00. The number of anilines is 1. The molecule has 1 fully saturated rings. The Bertz CT molecular complexity index is 1010. The number of hydrogen-bond acceptors (Lipinski definition) is 8. The maximum Gasteiger partial charge on any atom is 0.258 e. The lowest BCUT2D eigenvalue weighted by Gasteiger charge is -2.33. The minimum atomic E-state index is -0.281. The minimum absolute atomic E-state index is 0.125. The molecule has 3 heterocycles. The monoisotopic (exact) mass is 408 g/mol. The second-order valence-electron chi connectivity index (χ2n) is 7.16. The van der Waals surface area contributed by atoms with Gasteiger partial charge in [0, 0.05) is 31.8 Å². The van der Waals surface area contributed by atoms with Crippen LogP contribution in [0, 0.1) is 0 Å². The Morgan fingerprint density at radius 1 is 1.27 bits per heavy atom.